The number of hydrogen-bond acceptors (Lipinski definition) is 5. The summed E-state index contributed by atoms with van der Waals surface area (Å²) in [5, 5.41) is 12.0. The minimum atomic E-state index is 0.472. The van der Waals surface area contributed by atoms with Gasteiger partial charge in [-0.3, -0.25) is 0 Å². The van der Waals surface area contributed by atoms with Gasteiger partial charge in [0.05, 0.1) is 22.9 Å². The van der Waals surface area contributed by atoms with Crippen LogP contribution in [0.25, 0.3) is 34.2 Å². The van der Waals surface area contributed by atoms with E-state index in [4.69, 9.17) is 4.42 Å². The molecule has 3 heterocycles. The second-order valence-corrected chi connectivity index (χ2v) is 6.06. The number of hydrogen-bond donors (Lipinski definition) is 0. The number of para-hydroxylation sites is 2. The summed E-state index contributed by atoms with van der Waals surface area (Å²) in [7, 11) is 1.97. The van der Waals surface area contributed by atoms with E-state index in [0.29, 0.717) is 16.3 Å². The van der Waals surface area contributed by atoms with Crippen LogP contribution in [0, 0.1) is 11.3 Å². The molecule has 0 aliphatic heterocycles. The van der Waals surface area contributed by atoms with E-state index in [-0.39, 0.29) is 0 Å². The molecule has 0 fully saturated rings. The average Bonchev–Trinajstić information content (AvgIpc) is 3.33. The fourth-order valence-electron chi connectivity index (χ4n) is 2.53. The molecule has 0 amide bonds. The Labute approximate surface area is 142 Å². The third-order valence-corrected chi connectivity index (χ3v) is 4.58. The summed E-state index contributed by atoms with van der Waals surface area (Å²) in [6.07, 6.45) is 3.27. The Kier molecular flexibility index (Phi) is 3.48. The molecule has 116 valence electrons. The van der Waals surface area contributed by atoms with Crippen LogP contribution in [0.3, 0.4) is 0 Å². The number of allylic oxidation sites excluding steroid dienone is 1. The molecule has 1 aromatic carbocycles. The van der Waals surface area contributed by atoms with Crippen LogP contribution in [0.15, 0.2) is 52.5 Å². The maximum Gasteiger partial charge on any atom is 0.160 e. The Bertz CT molecular complexity index is 1080. The molecular formula is C18H12N4OS. The summed E-state index contributed by atoms with van der Waals surface area (Å²) >= 11 is 1.42. The van der Waals surface area contributed by atoms with Crippen LogP contribution >= 0.6 is 11.3 Å². The zero-order valence-corrected chi connectivity index (χ0v) is 13.6. The molecule has 0 N–H and O–H groups in total. The number of aromatic nitrogens is 3. The monoisotopic (exact) mass is 332 g/mol. The third-order valence-electron chi connectivity index (χ3n) is 3.70. The standard InChI is InChI=1S/C18H12N4OS/c1-22-16-7-3-2-6-14(16)20-17(22)15-11-24-18(21-15)12(10-19)9-13-5-4-8-23-13/h2-9,11H,1H3/b12-9-. The lowest BCUT2D eigenvalue weighted by Crippen LogP contribution is -1.93. The number of furan rings is 1. The summed E-state index contributed by atoms with van der Waals surface area (Å²) in [5.41, 5.74) is 3.21. The van der Waals surface area contributed by atoms with Crippen LogP contribution in [0.5, 0.6) is 0 Å². The van der Waals surface area contributed by atoms with Gasteiger partial charge in [0.1, 0.15) is 22.5 Å². The van der Waals surface area contributed by atoms with Gasteiger partial charge in [0.25, 0.3) is 0 Å². The molecule has 0 saturated heterocycles. The van der Waals surface area contributed by atoms with Crippen molar-refractivity contribution in [3.63, 3.8) is 0 Å². The highest BCUT2D eigenvalue weighted by atomic mass is 32.1. The van der Waals surface area contributed by atoms with Crippen LogP contribution < -0.4 is 0 Å². The summed E-state index contributed by atoms with van der Waals surface area (Å²) < 4.78 is 7.28. The van der Waals surface area contributed by atoms with E-state index in [1.54, 1.807) is 24.5 Å². The predicted molar refractivity (Wildman–Crippen MR) is 94.0 cm³/mol. The molecule has 5 nitrogen and oxygen atoms in total. The minimum Gasteiger partial charge on any atom is -0.465 e. The number of nitriles is 1. The Balaban J connectivity index is 1.77. The molecule has 6 heteroatoms. The smallest absolute Gasteiger partial charge is 0.160 e. The first kappa shape index (κ1) is 14.4. The van der Waals surface area contributed by atoms with E-state index in [1.807, 2.05) is 41.3 Å². The van der Waals surface area contributed by atoms with Gasteiger partial charge in [0.2, 0.25) is 0 Å². The number of rotatable bonds is 3. The molecule has 0 aliphatic rings. The van der Waals surface area contributed by atoms with Gasteiger partial charge in [-0.15, -0.1) is 11.3 Å². The van der Waals surface area contributed by atoms with Crippen LogP contribution in [-0.4, -0.2) is 14.5 Å². The van der Waals surface area contributed by atoms with Gasteiger partial charge in [-0.05, 0) is 24.3 Å². The molecule has 0 spiro atoms. The van der Waals surface area contributed by atoms with Gasteiger partial charge in [0, 0.05) is 18.5 Å². The molecule has 24 heavy (non-hydrogen) atoms. The van der Waals surface area contributed by atoms with E-state index in [9.17, 15) is 5.26 Å². The number of imidazole rings is 1. The zero-order valence-electron chi connectivity index (χ0n) is 12.8. The first-order valence-corrected chi connectivity index (χ1v) is 8.17. The largest absolute Gasteiger partial charge is 0.465 e. The number of benzene rings is 1. The third kappa shape index (κ3) is 2.41. The van der Waals surface area contributed by atoms with E-state index in [1.165, 1.54) is 11.3 Å². The summed E-state index contributed by atoms with van der Waals surface area (Å²) in [6, 6.07) is 13.7. The van der Waals surface area contributed by atoms with Crippen molar-refractivity contribution in [1.29, 1.82) is 5.26 Å². The molecule has 0 atom stereocenters. The summed E-state index contributed by atoms with van der Waals surface area (Å²) in [6.45, 7) is 0. The molecule has 4 rings (SSSR count). The fourth-order valence-corrected chi connectivity index (χ4v) is 3.30. The maximum atomic E-state index is 9.41. The highest BCUT2D eigenvalue weighted by Crippen LogP contribution is 2.28. The van der Waals surface area contributed by atoms with Gasteiger partial charge < -0.3 is 8.98 Å². The summed E-state index contributed by atoms with van der Waals surface area (Å²) in [5.74, 6) is 1.42. The molecule has 0 unspecified atom stereocenters. The molecule has 0 radical (unpaired) electrons. The molecule has 3 aromatic heterocycles. The van der Waals surface area contributed by atoms with Crippen LogP contribution in [0.2, 0.25) is 0 Å². The molecule has 4 aromatic rings. The normalized spacial score (nSPS) is 11.8. The van der Waals surface area contributed by atoms with Crippen LogP contribution in [0.1, 0.15) is 10.8 Å². The first-order chi connectivity index (χ1) is 11.8. The Morgan fingerprint density at radius 3 is 2.88 bits per heavy atom. The van der Waals surface area contributed by atoms with E-state index in [2.05, 4.69) is 16.0 Å². The number of thiazole rings is 1. The van der Waals surface area contributed by atoms with Crippen molar-refractivity contribution in [3.8, 4) is 17.6 Å². The van der Waals surface area contributed by atoms with Crippen molar-refractivity contribution in [2.24, 2.45) is 7.05 Å². The Morgan fingerprint density at radius 2 is 2.12 bits per heavy atom. The van der Waals surface area contributed by atoms with E-state index >= 15 is 0 Å². The highest BCUT2D eigenvalue weighted by molar-refractivity contribution is 7.11. The SMILES string of the molecule is Cn1c(-c2csc(/C(C#N)=C\c3ccco3)n2)nc2ccccc21. The van der Waals surface area contributed by atoms with Gasteiger partial charge in [-0.2, -0.15) is 5.26 Å². The van der Waals surface area contributed by atoms with Crippen molar-refractivity contribution in [1.82, 2.24) is 14.5 Å². The van der Waals surface area contributed by atoms with Crippen LogP contribution in [-0.2, 0) is 7.05 Å². The Morgan fingerprint density at radius 1 is 1.25 bits per heavy atom. The van der Waals surface area contributed by atoms with Gasteiger partial charge in [0.15, 0.2) is 5.82 Å². The zero-order chi connectivity index (χ0) is 16.5. The number of aryl methyl sites for hydroxylation is 1. The predicted octanol–water partition coefficient (Wildman–Crippen LogP) is 4.35. The topological polar surface area (TPSA) is 67.6 Å². The maximum absolute atomic E-state index is 9.41. The lowest BCUT2D eigenvalue weighted by Gasteiger charge is -1.98. The van der Waals surface area contributed by atoms with Crippen molar-refractivity contribution in [2.75, 3.05) is 0 Å². The lowest BCUT2D eigenvalue weighted by molar-refractivity contribution is 0.557. The average molecular weight is 332 g/mol. The highest BCUT2D eigenvalue weighted by Gasteiger charge is 2.14. The quantitative estimate of drug-likeness (QED) is 0.523. The van der Waals surface area contributed by atoms with Crippen LogP contribution in [0.4, 0.5) is 0 Å². The second-order valence-electron chi connectivity index (χ2n) is 5.21. The van der Waals surface area contributed by atoms with Gasteiger partial charge in [-0.1, -0.05) is 12.1 Å². The fraction of sp³-hybridized carbons (Fsp3) is 0.0556. The number of nitrogens with zero attached hydrogens (tertiary/aromatic N) is 4. The number of fused-ring (bicyclic) bond motifs is 1. The van der Waals surface area contributed by atoms with Crippen molar-refractivity contribution in [2.45, 2.75) is 0 Å². The van der Waals surface area contributed by atoms with Gasteiger partial charge >= 0.3 is 0 Å². The molecule has 0 bridgehead atoms. The van der Waals surface area contributed by atoms with E-state index < -0.39 is 0 Å². The Hall–Kier alpha value is -3.17. The first-order valence-electron chi connectivity index (χ1n) is 7.29. The molecule has 0 saturated carbocycles. The molecular weight excluding hydrogens is 320 g/mol. The second kappa shape index (κ2) is 5.80. The van der Waals surface area contributed by atoms with Crippen molar-refractivity contribution in [3.05, 3.63) is 58.8 Å². The minimum absolute atomic E-state index is 0.472. The van der Waals surface area contributed by atoms with E-state index in [0.717, 1.165) is 22.6 Å². The summed E-state index contributed by atoms with van der Waals surface area (Å²) in [4.78, 5) is 9.23. The lowest BCUT2D eigenvalue weighted by atomic mass is 10.2. The van der Waals surface area contributed by atoms with Crippen molar-refractivity contribution >= 4 is 34.0 Å². The van der Waals surface area contributed by atoms with Crippen molar-refractivity contribution < 1.29 is 4.42 Å². The van der Waals surface area contributed by atoms with Gasteiger partial charge in [-0.25, -0.2) is 9.97 Å². The molecule has 0 aliphatic carbocycles.